The average molecular weight is 525 g/mol. The molecule has 1 saturated heterocycles. The Labute approximate surface area is 228 Å². The van der Waals surface area contributed by atoms with Crippen molar-refractivity contribution in [1.29, 1.82) is 0 Å². The summed E-state index contributed by atoms with van der Waals surface area (Å²) in [5, 5.41) is 5.36. The van der Waals surface area contributed by atoms with Crippen LogP contribution in [0.2, 0.25) is 0 Å². The van der Waals surface area contributed by atoms with E-state index < -0.39 is 29.9 Å². The molecule has 8 nitrogen and oxygen atoms in total. The van der Waals surface area contributed by atoms with E-state index in [-0.39, 0.29) is 5.78 Å². The van der Waals surface area contributed by atoms with Gasteiger partial charge in [-0.25, -0.2) is 4.79 Å². The lowest BCUT2D eigenvalue weighted by Crippen LogP contribution is -2.42. The molecule has 4 amide bonds. The number of nitrogens with zero attached hydrogens (tertiary/aromatic N) is 2. The maximum atomic E-state index is 13.0. The Bertz CT molecular complexity index is 1380. The van der Waals surface area contributed by atoms with Crippen LogP contribution in [0.3, 0.4) is 0 Å². The summed E-state index contributed by atoms with van der Waals surface area (Å²) in [7, 11) is 0. The minimum atomic E-state index is -1.23. The number of imide groups is 1. The van der Waals surface area contributed by atoms with Crippen molar-refractivity contribution in [2.45, 2.75) is 26.3 Å². The number of urea groups is 1. The summed E-state index contributed by atoms with van der Waals surface area (Å²) in [6.45, 7) is 7.28. The number of nitrogens with one attached hydrogen (secondary N) is 2. The number of amides is 4. The highest BCUT2D eigenvalue weighted by Crippen LogP contribution is 2.28. The highest BCUT2D eigenvalue weighted by molar-refractivity contribution is 6.10. The third-order valence-corrected chi connectivity index (χ3v) is 6.83. The van der Waals surface area contributed by atoms with E-state index in [0.29, 0.717) is 16.8 Å². The third-order valence-electron chi connectivity index (χ3n) is 6.83. The van der Waals surface area contributed by atoms with Crippen molar-refractivity contribution in [1.82, 2.24) is 10.2 Å². The van der Waals surface area contributed by atoms with Crippen molar-refractivity contribution >= 4 is 41.1 Å². The van der Waals surface area contributed by atoms with Gasteiger partial charge >= 0.3 is 6.03 Å². The molecule has 2 N–H and O–H groups in total. The molecule has 1 aliphatic heterocycles. The summed E-state index contributed by atoms with van der Waals surface area (Å²) in [4.78, 5) is 53.9. The van der Waals surface area contributed by atoms with Crippen LogP contribution in [0.1, 0.15) is 42.3 Å². The average Bonchev–Trinajstić information content (AvgIpc) is 3.17. The second-order valence-corrected chi connectivity index (χ2v) is 9.40. The fraction of sp³-hybridized carbons (Fsp3) is 0.226. The molecule has 0 spiro atoms. The molecule has 1 atom stereocenters. The van der Waals surface area contributed by atoms with Crippen molar-refractivity contribution in [2.24, 2.45) is 0 Å². The standard InChI is InChI=1S/C31H32N4O4/c1-4-34(5-2)26-18-11-22(12-19-26)13-20-27(36)23-14-16-25(17-15-23)32-28(37)21-35-29(38)31(3,33-30(35)39)24-9-7-6-8-10-24/h6-20H,4-5,21H2,1-3H3,(H,32,37)(H,33,39)/b20-13+. The number of carbonyl (C=O) groups excluding carboxylic acids is 4. The number of hydrogen-bond acceptors (Lipinski definition) is 5. The fourth-order valence-electron chi connectivity index (χ4n) is 4.52. The van der Waals surface area contributed by atoms with Gasteiger partial charge < -0.3 is 15.5 Å². The van der Waals surface area contributed by atoms with Gasteiger partial charge in [0.05, 0.1) is 0 Å². The Kier molecular flexibility index (Phi) is 8.24. The molecule has 3 aromatic carbocycles. The van der Waals surface area contributed by atoms with Crippen molar-refractivity contribution < 1.29 is 19.2 Å². The summed E-state index contributed by atoms with van der Waals surface area (Å²) >= 11 is 0. The van der Waals surface area contributed by atoms with E-state index in [4.69, 9.17) is 0 Å². The van der Waals surface area contributed by atoms with Crippen LogP contribution in [0.15, 0.2) is 84.9 Å². The Morgan fingerprint density at radius 1 is 0.923 bits per heavy atom. The smallest absolute Gasteiger partial charge is 0.325 e. The van der Waals surface area contributed by atoms with E-state index in [1.807, 2.05) is 30.3 Å². The van der Waals surface area contributed by atoms with E-state index in [9.17, 15) is 19.2 Å². The number of ketones is 1. The van der Waals surface area contributed by atoms with Crippen molar-refractivity contribution in [3.63, 3.8) is 0 Å². The van der Waals surface area contributed by atoms with Crippen LogP contribution in [0.5, 0.6) is 0 Å². The number of carbonyl (C=O) groups is 4. The zero-order chi connectivity index (χ0) is 28.0. The lowest BCUT2D eigenvalue weighted by atomic mass is 9.92. The van der Waals surface area contributed by atoms with E-state index in [1.165, 1.54) is 6.08 Å². The minimum Gasteiger partial charge on any atom is -0.372 e. The second-order valence-electron chi connectivity index (χ2n) is 9.40. The molecule has 0 saturated carbocycles. The molecule has 1 aliphatic rings. The van der Waals surface area contributed by atoms with Gasteiger partial charge in [0.15, 0.2) is 5.78 Å². The van der Waals surface area contributed by atoms with E-state index >= 15 is 0 Å². The van der Waals surface area contributed by atoms with Gasteiger partial charge in [0, 0.05) is 30.0 Å². The highest BCUT2D eigenvalue weighted by Gasteiger charge is 2.49. The predicted molar refractivity (Wildman–Crippen MR) is 152 cm³/mol. The van der Waals surface area contributed by atoms with Crippen LogP contribution >= 0.6 is 0 Å². The topological polar surface area (TPSA) is 98.8 Å². The molecule has 0 radical (unpaired) electrons. The lowest BCUT2D eigenvalue weighted by Gasteiger charge is -2.22. The molecule has 0 aliphatic carbocycles. The van der Waals surface area contributed by atoms with Gasteiger partial charge in [0.2, 0.25) is 5.91 Å². The minimum absolute atomic E-state index is 0.166. The summed E-state index contributed by atoms with van der Waals surface area (Å²) in [6.07, 6.45) is 3.28. The SMILES string of the molecule is CCN(CC)c1ccc(/C=C/C(=O)c2ccc(NC(=O)CN3C(=O)NC(C)(c4ccccc4)C3=O)cc2)cc1. The van der Waals surface area contributed by atoms with Gasteiger partial charge in [-0.1, -0.05) is 48.5 Å². The van der Waals surface area contributed by atoms with E-state index in [2.05, 4.69) is 29.4 Å². The van der Waals surface area contributed by atoms with Gasteiger partial charge in [-0.15, -0.1) is 0 Å². The molecule has 4 rings (SSSR count). The van der Waals surface area contributed by atoms with E-state index in [1.54, 1.807) is 61.5 Å². The Morgan fingerprint density at radius 3 is 2.18 bits per heavy atom. The zero-order valence-electron chi connectivity index (χ0n) is 22.3. The van der Waals surface area contributed by atoms with Gasteiger partial charge in [0.25, 0.3) is 5.91 Å². The molecule has 1 heterocycles. The largest absolute Gasteiger partial charge is 0.372 e. The maximum absolute atomic E-state index is 13.0. The predicted octanol–water partition coefficient (Wildman–Crippen LogP) is 4.83. The van der Waals surface area contributed by atoms with Gasteiger partial charge in [0.1, 0.15) is 12.1 Å². The molecule has 39 heavy (non-hydrogen) atoms. The third kappa shape index (κ3) is 6.06. The first-order chi connectivity index (χ1) is 18.7. The number of allylic oxidation sites excluding steroid dienone is 1. The summed E-state index contributed by atoms with van der Waals surface area (Å²) < 4.78 is 0. The van der Waals surface area contributed by atoms with Gasteiger partial charge in [-0.05, 0) is 74.4 Å². The van der Waals surface area contributed by atoms with Gasteiger partial charge in [-0.2, -0.15) is 0 Å². The van der Waals surface area contributed by atoms with Crippen LogP contribution in [0.4, 0.5) is 16.2 Å². The molecule has 200 valence electrons. The number of rotatable bonds is 10. The monoisotopic (exact) mass is 524 g/mol. The van der Waals surface area contributed by atoms with Crippen LogP contribution in [0.25, 0.3) is 6.08 Å². The van der Waals surface area contributed by atoms with Crippen LogP contribution in [0, 0.1) is 0 Å². The maximum Gasteiger partial charge on any atom is 0.325 e. The number of benzene rings is 3. The van der Waals surface area contributed by atoms with Crippen LogP contribution in [-0.2, 0) is 15.1 Å². The van der Waals surface area contributed by atoms with Crippen LogP contribution < -0.4 is 15.5 Å². The Balaban J connectivity index is 1.33. The van der Waals surface area contributed by atoms with Crippen LogP contribution in [-0.4, -0.2) is 48.2 Å². The Hall–Kier alpha value is -4.72. The van der Waals surface area contributed by atoms with Gasteiger partial charge in [-0.3, -0.25) is 19.3 Å². The Morgan fingerprint density at radius 2 is 1.56 bits per heavy atom. The van der Waals surface area contributed by atoms with Crippen molar-refractivity contribution in [3.8, 4) is 0 Å². The van der Waals surface area contributed by atoms with Crippen molar-refractivity contribution in [2.75, 3.05) is 29.9 Å². The summed E-state index contributed by atoms with van der Waals surface area (Å²) in [5.74, 6) is -1.19. The quantitative estimate of drug-likeness (QED) is 0.225. The first-order valence-corrected chi connectivity index (χ1v) is 12.9. The van der Waals surface area contributed by atoms with Crippen molar-refractivity contribution in [3.05, 3.63) is 102 Å². The molecular formula is C31H32N4O4. The number of anilines is 2. The summed E-state index contributed by atoms with van der Waals surface area (Å²) in [6, 6.07) is 22.7. The molecule has 8 heteroatoms. The first-order valence-electron chi connectivity index (χ1n) is 12.9. The molecular weight excluding hydrogens is 492 g/mol. The molecule has 0 bridgehead atoms. The first kappa shape index (κ1) is 27.3. The fourth-order valence-corrected chi connectivity index (χ4v) is 4.52. The number of hydrogen-bond donors (Lipinski definition) is 2. The zero-order valence-corrected chi connectivity index (χ0v) is 22.3. The molecule has 1 unspecified atom stereocenters. The lowest BCUT2D eigenvalue weighted by molar-refractivity contribution is -0.133. The molecule has 1 fully saturated rings. The molecule has 3 aromatic rings. The summed E-state index contributed by atoms with van der Waals surface area (Å²) in [5.41, 5.74) is 2.38. The highest BCUT2D eigenvalue weighted by atomic mass is 16.2. The molecule has 0 aromatic heterocycles. The second kappa shape index (κ2) is 11.8. The normalized spacial score (nSPS) is 16.8. The van der Waals surface area contributed by atoms with E-state index in [0.717, 1.165) is 29.2 Å².